The Morgan fingerprint density at radius 3 is 2.70 bits per heavy atom. The second kappa shape index (κ2) is 13.9. The molecule has 1 fully saturated rings. The van der Waals surface area contributed by atoms with Gasteiger partial charge in [0.15, 0.2) is 5.82 Å². The number of nitrogens with two attached hydrogens (primary N) is 1. The van der Waals surface area contributed by atoms with Crippen molar-refractivity contribution in [3.05, 3.63) is 35.7 Å². The third-order valence-electron chi connectivity index (χ3n) is 6.32. The fourth-order valence-electron chi connectivity index (χ4n) is 4.15. The summed E-state index contributed by atoms with van der Waals surface area (Å²) in [6.07, 6.45) is 6.09. The number of hydrogen-bond acceptors (Lipinski definition) is 8. The van der Waals surface area contributed by atoms with E-state index in [1.165, 1.54) is 32.1 Å². The van der Waals surface area contributed by atoms with Gasteiger partial charge in [0.25, 0.3) is 0 Å². The molecule has 12 nitrogen and oxygen atoms in total. The van der Waals surface area contributed by atoms with Crippen LogP contribution in [0.25, 0.3) is 0 Å². The number of aromatic nitrogens is 4. The van der Waals surface area contributed by atoms with Crippen molar-refractivity contribution in [3.8, 4) is 5.75 Å². The number of urea groups is 1. The first-order valence-electron chi connectivity index (χ1n) is 12.9. The number of hydrogen-bond donors (Lipinski definition) is 4. The highest BCUT2D eigenvalue weighted by Gasteiger charge is 2.29. The van der Waals surface area contributed by atoms with Gasteiger partial charge in [-0.05, 0) is 49.1 Å². The Hall–Kier alpha value is -3.25. The second-order valence-corrected chi connectivity index (χ2v) is 9.94. The first-order chi connectivity index (χ1) is 17.8. The number of para-hydroxylation sites is 1. The van der Waals surface area contributed by atoms with Gasteiger partial charge in [-0.2, -0.15) is 0 Å². The largest absolute Gasteiger partial charge is 0.491 e. The number of carbonyl (C=O) groups excluding carboxylic acids is 2. The van der Waals surface area contributed by atoms with Gasteiger partial charge in [0.05, 0.1) is 18.7 Å². The average Bonchev–Trinajstić information content (AvgIpc) is 3.35. The summed E-state index contributed by atoms with van der Waals surface area (Å²) in [4.78, 5) is 24.2. The van der Waals surface area contributed by atoms with Crippen LogP contribution in [0.5, 0.6) is 5.75 Å². The molecule has 1 heterocycles. The minimum absolute atomic E-state index is 0.244. The molecule has 5 N–H and O–H groups in total. The van der Waals surface area contributed by atoms with Crippen LogP contribution in [0.3, 0.4) is 0 Å². The van der Waals surface area contributed by atoms with Crippen molar-refractivity contribution in [1.82, 2.24) is 36.2 Å². The first-order valence-corrected chi connectivity index (χ1v) is 12.9. The normalized spacial score (nSPS) is 15.1. The zero-order chi connectivity index (χ0) is 26.7. The Bertz CT molecular complexity index is 1000. The van der Waals surface area contributed by atoms with Crippen LogP contribution in [0.15, 0.2) is 24.3 Å². The summed E-state index contributed by atoms with van der Waals surface area (Å²) in [5.41, 5.74) is 5.80. The number of tetrazole rings is 1. The van der Waals surface area contributed by atoms with Gasteiger partial charge in [-0.3, -0.25) is 4.79 Å². The third kappa shape index (κ3) is 8.97. The molecule has 37 heavy (non-hydrogen) atoms. The molecule has 1 aromatic heterocycles. The van der Waals surface area contributed by atoms with Gasteiger partial charge in [-0.25, -0.2) is 9.48 Å². The molecule has 2 aromatic rings. The molecule has 204 valence electrons. The number of ether oxygens (including phenoxy) is 2. The Kier molecular flexibility index (Phi) is 10.6. The number of carbonyl (C=O) groups is 2. The standard InChI is InChI=1S/C25H40N8O4/c1-25(2,26)23(34)29-20(17-36-16-18-9-5-4-6-10-18)22-30-31-32-33(22)13-14-37-21-12-8-7-11-19(21)15-28-24(35)27-3/h7-8,11-12,18,20H,4-6,9-10,13-17,26H2,1-3H3,(H,29,34)(H2,27,28,35). The van der Waals surface area contributed by atoms with E-state index in [-0.39, 0.29) is 25.2 Å². The molecule has 0 aliphatic heterocycles. The molecule has 3 rings (SSSR count). The lowest BCUT2D eigenvalue weighted by Crippen LogP contribution is -2.51. The molecular formula is C25H40N8O4. The SMILES string of the molecule is CNC(=O)NCc1ccccc1OCCn1nnnc1C(COCC1CCCCC1)NC(=O)C(C)(C)N. The zero-order valence-electron chi connectivity index (χ0n) is 22.0. The van der Waals surface area contributed by atoms with E-state index in [4.69, 9.17) is 15.2 Å². The van der Waals surface area contributed by atoms with E-state index in [0.29, 0.717) is 37.2 Å². The highest BCUT2D eigenvalue weighted by atomic mass is 16.5. The fourth-order valence-corrected chi connectivity index (χ4v) is 4.15. The smallest absolute Gasteiger partial charge is 0.314 e. The van der Waals surface area contributed by atoms with Crippen LogP contribution in [-0.2, 0) is 22.6 Å². The van der Waals surface area contributed by atoms with E-state index in [2.05, 4.69) is 31.5 Å². The van der Waals surface area contributed by atoms with E-state index in [1.54, 1.807) is 25.6 Å². The van der Waals surface area contributed by atoms with Gasteiger partial charge in [0.2, 0.25) is 5.91 Å². The molecule has 1 aliphatic rings. The molecule has 0 spiro atoms. The zero-order valence-corrected chi connectivity index (χ0v) is 22.0. The summed E-state index contributed by atoms with van der Waals surface area (Å²) >= 11 is 0. The van der Waals surface area contributed by atoms with Crippen LogP contribution < -0.4 is 26.4 Å². The summed E-state index contributed by atoms with van der Waals surface area (Å²) in [5.74, 6) is 1.35. The lowest BCUT2D eigenvalue weighted by Gasteiger charge is -2.25. The minimum Gasteiger partial charge on any atom is -0.491 e. The van der Waals surface area contributed by atoms with Gasteiger partial charge in [0, 0.05) is 25.8 Å². The maximum Gasteiger partial charge on any atom is 0.314 e. The number of nitrogens with zero attached hydrogens (tertiary/aromatic N) is 4. The Morgan fingerprint density at radius 2 is 1.97 bits per heavy atom. The van der Waals surface area contributed by atoms with Crippen LogP contribution >= 0.6 is 0 Å². The maximum absolute atomic E-state index is 12.7. The van der Waals surface area contributed by atoms with Crippen molar-refractivity contribution in [2.45, 2.75) is 70.6 Å². The molecule has 0 radical (unpaired) electrons. The molecular weight excluding hydrogens is 476 g/mol. The summed E-state index contributed by atoms with van der Waals surface area (Å²) in [7, 11) is 1.56. The highest BCUT2D eigenvalue weighted by molar-refractivity contribution is 5.85. The molecule has 0 saturated heterocycles. The number of benzene rings is 1. The van der Waals surface area contributed by atoms with Crippen LogP contribution in [0.4, 0.5) is 4.79 Å². The van der Waals surface area contributed by atoms with Gasteiger partial charge >= 0.3 is 6.03 Å². The van der Waals surface area contributed by atoms with Crippen molar-refractivity contribution in [1.29, 1.82) is 0 Å². The van der Waals surface area contributed by atoms with Crippen LogP contribution in [0.1, 0.15) is 63.4 Å². The number of nitrogens with one attached hydrogen (secondary N) is 3. The maximum atomic E-state index is 12.7. The number of rotatable bonds is 13. The lowest BCUT2D eigenvalue weighted by atomic mass is 9.90. The van der Waals surface area contributed by atoms with Crippen molar-refractivity contribution in [2.75, 3.05) is 26.9 Å². The predicted octanol–water partition coefficient (Wildman–Crippen LogP) is 1.67. The Morgan fingerprint density at radius 1 is 1.22 bits per heavy atom. The highest BCUT2D eigenvalue weighted by Crippen LogP contribution is 2.24. The number of amides is 3. The van der Waals surface area contributed by atoms with E-state index < -0.39 is 11.6 Å². The van der Waals surface area contributed by atoms with Gasteiger partial charge < -0.3 is 31.2 Å². The Balaban J connectivity index is 1.62. The van der Waals surface area contributed by atoms with Gasteiger partial charge in [-0.15, -0.1) is 5.10 Å². The van der Waals surface area contributed by atoms with Crippen molar-refractivity contribution in [3.63, 3.8) is 0 Å². The molecule has 1 aromatic carbocycles. The molecule has 1 saturated carbocycles. The lowest BCUT2D eigenvalue weighted by molar-refractivity contribution is -0.126. The summed E-state index contributed by atoms with van der Waals surface area (Å²) in [6.45, 7) is 5.14. The van der Waals surface area contributed by atoms with E-state index >= 15 is 0 Å². The van der Waals surface area contributed by atoms with Gasteiger partial charge in [0.1, 0.15) is 18.4 Å². The third-order valence-corrected chi connectivity index (χ3v) is 6.32. The van der Waals surface area contributed by atoms with Crippen molar-refractivity contribution >= 4 is 11.9 Å². The van der Waals surface area contributed by atoms with Crippen LogP contribution in [-0.4, -0.2) is 64.6 Å². The monoisotopic (exact) mass is 516 g/mol. The molecule has 1 aliphatic carbocycles. The molecule has 12 heteroatoms. The molecule has 0 bridgehead atoms. The van der Waals surface area contributed by atoms with Crippen LogP contribution in [0, 0.1) is 5.92 Å². The summed E-state index contributed by atoms with van der Waals surface area (Å²) in [6, 6.07) is 6.65. The van der Waals surface area contributed by atoms with E-state index in [1.807, 2.05) is 24.3 Å². The Labute approximate surface area is 218 Å². The van der Waals surface area contributed by atoms with E-state index in [9.17, 15) is 9.59 Å². The minimum atomic E-state index is -1.06. The van der Waals surface area contributed by atoms with Gasteiger partial charge in [-0.1, -0.05) is 37.5 Å². The quantitative estimate of drug-likeness (QED) is 0.313. The van der Waals surface area contributed by atoms with Crippen molar-refractivity contribution < 1.29 is 19.1 Å². The average molecular weight is 517 g/mol. The van der Waals surface area contributed by atoms with E-state index in [0.717, 1.165) is 5.56 Å². The summed E-state index contributed by atoms with van der Waals surface area (Å²) < 4.78 is 13.6. The summed E-state index contributed by atoms with van der Waals surface area (Å²) in [5, 5.41) is 20.3. The first kappa shape index (κ1) is 28.3. The molecule has 3 amide bonds. The molecule has 1 atom stereocenters. The second-order valence-electron chi connectivity index (χ2n) is 9.94. The predicted molar refractivity (Wildman–Crippen MR) is 138 cm³/mol. The fraction of sp³-hybridized carbons (Fsp3) is 0.640. The topological polar surface area (TPSA) is 158 Å². The van der Waals surface area contributed by atoms with Crippen molar-refractivity contribution in [2.24, 2.45) is 11.7 Å². The van der Waals surface area contributed by atoms with Crippen LogP contribution in [0.2, 0.25) is 0 Å². The molecule has 1 unspecified atom stereocenters.